The van der Waals surface area contributed by atoms with E-state index in [0.29, 0.717) is 13.2 Å². The molecule has 0 fully saturated rings. The lowest BCUT2D eigenvalue weighted by Gasteiger charge is -1.96. The second kappa shape index (κ2) is 7.12. The largest absolute Gasteiger partial charge is 0.502 e. The Morgan fingerprint density at radius 1 is 1.36 bits per heavy atom. The zero-order chi connectivity index (χ0) is 8.53. The molecule has 0 aliphatic heterocycles. The van der Waals surface area contributed by atoms with Gasteiger partial charge in [-0.2, -0.15) is 0 Å². The Morgan fingerprint density at radius 3 is 2.64 bits per heavy atom. The Bertz CT molecular complexity index is 129. The third kappa shape index (κ3) is 6.90. The van der Waals surface area contributed by atoms with Gasteiger partial charge in [-0.05, 0) is 19.9 Å². The van der Waals surface area contributed by atoms with E-state index in [1.807, 2.05) is 6.92 Å². The summed E-state index contributed by atoms with van der Waals surface area (Å²) in [5.74, 6) is -0.219. The number of carbonyl (C=O) groups excluding carboxylic acids is 1. The summed E-state index contributed by atoms with van der Waals surface area (Å²) in [4.78, 5) is 10.7. The summed E-state index contributed by atoms with van der Waals surface area (Å²) >= 11 is 0. The van der Waals surface area contributed by atoms with Crippen LogP contribution in [-0.4, -0.2) is 19.2 Å². The number of hydrogen-bond acceptors (Lipinski definition) is 3. The van der Waals surface area contributed by atoms with Crippen molar-refractivity contribution in [2.24, 2.45) is 0 Å². The van der Waals surface area contributed by atoms with E-state index in [0.717, 1.165) is 0 Å². The van der Waals surface area contributed by atoms with Crippen molar-refractivity contribution in [3.05, 3.63) is 12.3 Å². The second-order valence-electron chi connectivity index (χ2n) is 1.84. The molecule has 0 heterocycles. The highest BCUT2D eigenvalue weighted by Gasteiger charge is 1.95. The summed E-state index contributed by atoms with van der Waals surface area (Å²) in [6, 6.07) is 0. The van der Waals surface area contributed by atoms with Gasteiger partial charge in [0.25, 0.3) is 0 Å². The second-order valence-corrected chi connectivity index (χ2v) is 1.84. The molecule has 0 radical (unpaired) electrons. The Balaban J connectivity index is 3.29. The van der Waals surface area contributed by atoms with E-state index in [-0.39, 0.29) is 12.4 Å². The number of esters is 1. The number of ether oxygens (including phenoxy) is 2. The summed E-state index contributed by atoms with van der Waals surface area (Å²) in [5.41, 5.74) is 0. The van der Waals surface area contributed by atoms with Crippen LogP contribution in [0.1, 0.15) is 20.3 Å². The lowest BCUT2D eigenvalue weighted by atomic mass is 10.4. The molecule has 0 saturated heterocycles. The Labute approximate surface area is 67.0 Å². The first-order chi connectivity index (χ1) is 5.31. The Kier molecular flexibility index (Phi) is 6.48. The summed E-state index contributed by atoms with van der Waals surface area (Å²) in [5, 5.41) is 0. The van der Waals surface area contributed by atoms with Crippen LogP contribution in [0, 0.1) is 0 Å². The normalized spacial score (nSPS) is 10.0. The molecule has 0 atom stereocenters. The first-order valence-electron chi connectivity index (χ1n) is 3.73. The van der Waals surface area contributed by atoms with Gasteiger partial charge in [0.15, 0.2) is 0 Å². The van der Waals surface area contributed by atoms with Gasteiger partial charge in [-0.1, -0.05) is 0 Å². The minimum Gasteiger partial charge on any atom is -0.502 e. The molecular weight excluding hydrogens is 144 g/mol. The van der Waals surface area contributed by atoms with Crippen molar-refractivity contribution in [3.8, 4) is 0 Å². The van der Waals surface area contributed by atoms with Crippen molar-refractivity contribution < 1.29 is 14.3 Å². The highest BCUT2D eigenvalue weighted by Crippen LogP contribution is 1.88. The first kappa shape index (κ1) is 10.0. The molecule has 0 aliphatic carbocycles. The van der Waals surface area contributed by atoms with Gasteiger partial charge in [-0.15, -0.1) is 0 Å². The van der Waals surface area contributed by atoms with Gasteiger partial charge in [-0.25, -0.2) is 0 Å². The van der Waals surface area contributed by atoms with E-state index in [4.69, 9.17) is 4.74 Å². The fourth-order valence-corrected chi connectivity index (χ4v) is 0.529. The molecule has 11 heavy (non-hydrogen) atoms. The number of hydrogen-bond donors (Lipinski definition) is 0. The molecule has 0 N–H and O–H groups in total. The molecule has 3 heteroatoms. The lowest BCUT2D eigenvalue weighted by Crippen LogP contribution is -2.01. The van der Waals surface area contributed by atoms with Gasteiger partial charge < -0.3 is 9.47 Å². The van der Waals surface area contributed by atoms with Crippen LogP contribution >= 0.6 is 0 Å². The van der Waals surface area contributed by atoms with Gasteiger partial charge in [-0.3, -0.25) is 4.79 Å². The Hall–Kier alpha value is -0.990. The van der Waals surface area contributed by atoms with Crippen LogP contribution in [0.2, 0.25) is 0 Å². The topological polar surface area (TPSA) is 35.5 Å². The first-order valence-corrected chi connectivity index (χ1v) is 3.73. The predicted octanol–water partition coefficient (Wildman–Crippen LogP) is 1.49. The minimum atomic E-state index is -0.219. The molecular formula is C8H14O3. The predicted molar refractivity (Wildman–Crippen MR) is 42.0 cm³/mol. The monoisotopic (exact) mass is 158 g/mol. The number of rotatable bonds is 5. The molecule has 3 nitrogen and oxygen atoms in total. The zero-order valence-electron chi connectivity index (χ0n) is 7.00. The SMILES string of the molecule is CCOC=CCC(=O)OCC. The van der Waals surface area contributed by atoms with Crippen LogP contribution in [0.3, 0.4) is 0 Å². The van der Waals surface area contributed by atoms with E-state index in [2.05, 4.69) is 4.74 Å². The summed E-state index contributed by atoms with van der Waals surface area (Å²) in [7, 11) is 0. The van der Waals surface area contributed by atoms with Gasteiger partial charge in [0.2, 0.25) is 0 Å². The van der Waals surface area contributed by atoms with E-state index in [1.165, 1.54) is 6.26 Å². The van der Waals surface area contributed by atoms with E-state index >= 15 is 0 Å². The molecule has 0 amide bonds. The van der Waals surface area contributed by atoms with Crippen LogP contribution < -0.4 is 0 Å². The van der Waals surface area contributed by atoms with Crippen molar-refractivity contribution in [1.82, 2.24) is 0 Å². The molecule has 0 aromatic rings. The van der Waals surface area contributed by atoms with Crippen LogP contribution in [0.4, 0.5) is 0 Å². The maximum Gasteiger partial charge on any atom is 0.309 e. The van der Waals surface area contributed by atoms with Crippen LogP contribution in [-0.2, 0) is 14.3 Å². The molecule has 0 rings (SSSR count). The molecule has 64 valence electrons. The molecule has 0 spiro atoms. The van der Waals surface area contributed by atoms with Crippen molar-refractivity contribution >= 4 is 5.97 Å². The fraction of sp³-hybridized carbons (Fsp3) is 0.625. The summed E-state index contributed by atoms with van der Waals surface area (Å²) in [6.45, 7) is 4.72. The quantitative estimate of drug-likeness (QED) is 0.449. The van der Waals surface area contributed by atoms with E-state index in [9.17, 15) is 4.79 Å². The molecule has 0 bridgehead atoms. The average molecular weight is 158 g/mol. The van der Waals surface area contributed by atoms with E-state index < -0.39 is 0 Å². The van der Waals surface area contributed by atoms with Crippen molar-refractivity contribution in [2.45, 2.75) is 20.3 Å². The minimum absolute atomic E-state index is 0.219. The van der Waals surface area contributed by atoms with Crippen LogP contribution in [0.25, 0.3) is 0 Å². The van der Waals surface area contributed by atoms with Crippen molar-refractivity contribution in [3.63, 3.8) is 0 Å². The van der Waals surface area contributed by atoms with Gasteiger partial charge in [0, 0.05) is 0 Å². The van der Waals surface area contributed by atoms with Crippen LogP contribution in [0.15, 0.2) is 12.3 Å². The van der Waals surface area contributed by atoms with Gasteiger partial charge >= 0.3 is 5.97 Å². The van der Waals surface area contributed by atoms with Gasteiger partial charge in [0.05, 0.1) is 25.9 Å². The Morgan fingerprint density at radius 2 is 2.09 bits per heavy atom. The van der Waals surface area contributed by atoms with E-state index in [1.54, 1.807) is 13.0 Å². The molecule has 0 saturated carbocycles. The molecule has 0 aliphatic rings. The van der Waals surface area contributed by atoms with Crippen molar-refractivity contribution in [1.29, 1.82) is 0 Å². The molecule has 0 aromatic heterocycles. The molecule has 0 unspecified atom stereocenters. The van der Waals surface area contributed by atoms with Gasteiger partial charge in [0.1, 0.15) is 0 Å². The highest BCUT2D eigenvalue weighted by atomic mass is 16.5. The smallest absolute Gasteiger partial charge is 0.309 e. The average Bonchev–Trinajstić information content (AvgIpc) is 1.99. The van der Waals surface area contributed by atoms with Crippen molar-refractivity contribution in [2.75, 3.05) is 13.2 Å². The highest BCUT2D eigenvalue weighted by molar-refractivity contribution is 5.70. The maximum absolute atomic E-state index is 10.7. The summed E-state index contributed by atoms with van der Waals surface area (Å²) < 4.78 is 9.55. The standard InChI is InChI=1S/C8H14O3/c1-3-10-7-5-6-8(9)11-4-2/h5,7H,3-4,6H2,1-2H3. The summed E-state index contributed by atoms with van der Waals surface area (Å²) in [6.07, 6.45) is 3.44. The van der Waals surface area contributed by atoms with Crippen LogP contribution in [0.5, 0.6) is 0 Å². The maximum atomic E-state index is 10.7. The third-order valence-corrected chi connectivity index (χ3v) is 0.949. The fourth-order valence-electron chi connectivity index (χ4n) is 0.529. The number of carbonyl (C=O) groups is 1. The lowest BCUT2D eigenvalue weighted by molar-refractivity contribution is -0.142. The molecule has 0 aromatic carbocycles. The zero-order valence-corrected chi connectivity index (χ0v) is 7.00. The third-order valence-electron chi connectivity index (χ3n) is 0.949.